The van der Waals surface area contributed by atoms with Gasteiger partial charge in [-0.05, 0) is 79.7 Å². The van der Waals surface area contributed by atoms with Crippen LogP contribution in [0.1, 0.15) is 45.4 Å². The van der Waals surface area contributed by atoms with E-state index in [0.717, 1.165) is 24.8 Å². The first-order valence-corrected chi connectivity index (χ1v) is 11.0. The Hall–Kier alpha value is -2.45. The molecule has 0 spiro atoms. The van der Waals surface area contributed by atoms with Crippen molar-refractivity contribution >= 4 is 5.71 Å². The first kappa shape index (κ1) is 21.3. The highest BCUT2D eigenvalue weighted by atomic mass is 14.5. The van der Waals surface area contributed by atoms with Gasteiger partial charge in [0, 0.05) is 18.2 Å². The van der Waals surface area contributed by atoms with Gasteiger partial charge in [0.25, 0.3) is 0 Å². The van der Waals surface area contributed by atoms with Crippen molar-refractivity contribution in [1.29, 1.82) is 5.41 Å². The van der Waals surface area contributed by atoms with Gasteiger partial charge in [-0.2, -0.15) is 0 Å². The molecule has 0 saturated carbocycles. The van der Waals surface area contributed by atoms with Crippen LogP contribution in [-0.2, 0) is 0 Å². The molecular weight excluding hydrogens is 352 g/mol. The number of rotatable bonds is 7. The van der Waals surface area contributed by atoms with Crippen LogP contribution in [0.3, 0.4) is 0 Å². The molecule has 29 heavy (non-hydrogen) atoms. The Labute approximate surface area is 176 Å². The molecule has 0 aromatic heterocycles. The summed E-state index contributed by atoms with van der Waals surface area (Å²) >= 11 is 0. The number of nitrogens with two attached hydrogens (primary N) is 1. The molecule has 2 heteroatoms. The fourth-order valence-corrected chi connectivity index (χ4v) is 4.36. The highest BCUT2D eigenvalue weighted by Gasteiger charge is 2.23. The third-order valence-corrected chi connectivity index (χ3v) is 5.75. The second-order valence-corrected chi connectivity index (χ2v) is 8.09. The predicted molar refractivity (Wildman–Crippen MR) is 126 cm³/mol. The Kier molecular flexibility index (Phi) is 8.01. The van der Waals surface area contributed by atoms with Crippen LogP contribution >= 0.6 is 0 Å². The van der Waals surface area contributed by atoms with E-state index in [1.807, 2.05) is 13.0 Å². The molecule has 2 unspecified atom stereocenters. The van der Waals surface area contributed by atoms with Crippen LogP contribution in [0.15, 0.2) is 95.2 Å². The Morgan fingerprint density at radius 3 is 2.69 bits per heavy atom. The van der Waals surface area contributed by atoms with Crippen LogP contribution in [0.4, 0.5) is 0 Å². The summed E-state index contributed by atoms with van der Waals surface area (Å²) in [6, 6.07) is 0. The molecule has 2 nitrogen and oxygen atoms in total. The van der Waals surface area contributed by atoms with Crippen LogP contribution < -0.4 is 5.73 Å². The van der Waals surface area contributed by atoms with E-state index in [1.165, 1.54) is 36.0 Å². The smallest absolute Gasteiger partial charge is 0.0283 e. The Morgan fingerprint density at radius 1 is 1.10 bits per heavy atom. The van der Waals surface area contributed by atoms with Crippen molar-refractivity contribution in [3.63, 3.8) is 0 Å². The Balaban J connectivity index is 2.06. The molecule has 0 amide bonds. The Bertz CT molecular complexity index is 840. The molecule has 3 aliphatic rings. The molecule has 0 aromatic rings. The quantitative estimate of drug-likeness (QED) is 0.292. The summed E-state index contributed by atoms with van der Waals surface area (Å²) in [6.45, 7) is 2.30. The van der Waals surface area contributed by atoms with Gasteiger partial charge in [0.1, 0.15) is 0 Å². The van der Waals surface area contributed by atoms with Gasteiger partial charge >= 0.3 is 0 Å². The minimum atomic E-state index is 0.398. The van der Waals surface area contributed by atoms with E-state index >= 15 is 0 Å². The summed E-state index contributed by atoms with van der Waals surface area (Å²) in [6.07, 6.45) is 33.8. The minimum Gasteiger partial charge on any atom is -0.327 e. The standard InChI is InChI=1S/C27H34N2/c1-21(29)16-17-24(18-19-28)27(23-12-6-3-7-13-23)26-15-9-8-14-25(26)20-22-10-4-2-5-11-22/h4,6,8-10,12-18,22,25,29H,2-3,5,7,11,19-20,28H2,1H3/b17-16-,24-18+,27-26+,29-21?. The zero-order valence-electron chi connectivity index (χ0n) is 17.6. The third-order valence-electron chi connectivity index (χ3n) is 5.75. The predicted octanol–water partition coefficient (Wildman–Crippen LogP) is 6.53. The maximum absolute atomic E-state index is 7.84. The number of allylic oxidation sites excluding steroid dienone is 15. The summed E-state index contributed by atoms with van der Waals surface area (Å²) in [4.78, 5) is 0. The zero-order chi connectivity index (χ0) is 20.5. The fourth-order valence-electron chi connectivity index (χ4n) is 4.36. The molecule has 0 aliphatic heterocycles. The lowest BCUT2D eigenvalue weighted by molar-refractivity contribution is 0.466. The molecule has 3 aliphatic carbocycles. The van der Waals surface area contributed by atoms with Crippen molar-refractivity contribution in [3.8, 4) is 0 Å². The van der Waals surface area contributed by atoms with E-state index in [0.29, 0.717) is 24.1 Å². The van der Waals surface area contributed by atoms with E-state index in [4.69, 9.17) is 11.1 Å². The van der Waals surface area contributed by atoms with Gasteiger partial charge in [-0.25, -0.2) is 0 Å². The maximum Gasteiger partial charge on any atom is 0.0283 e. The molecule has 3 rings (SSSR count). The van der Waals surface area contributed by atoms with Gasteiger partial charge in [-0.1, -0.05) is 66.8 Å². The second kappa shape index (κ2) is 10.9. The lowest BCUT2D eigenvalue weighted by atomic mass is 9.77. The van der Waals surface area contributed by atoms with Crippen molar-refractivity contribution < 1.29 is 0 Å². The van der Waals surface area contributed by atoms with E-state index in [2.05, 4.69) is 66.8 Å². The lowest BCUT2D eigenvalue weighted by Gasteiger charge is -2.27. The normalized spacial score (nSPS) is 26.1. The SMILES string of the molecule is CC(=N)\C=C/C(=C\CN)C(/C1=CCCC=C1)=C1\C=CC=CC1CC1C=CCCC1. The first-order valence-electron chi connectivity index (χ1n) is 11.0. The average molecular weight is 387 g/mol. The monoisotopic (exact) mass is 386 g/mol. The van der Waals surface area contributed by atoms with Crippen molar-refractivity contribution in [1.82, 2.24) is 0 Å². The van der Waals surface area contributed by atoms with Crippen molar-refractivity contribution in [2.45, 2.75) is 45.4 Å². The average Bonchev–Trinajstić information content (AvgIpc) is 2.75. The van der Waals surface area contributed by atoms with Crippen LogP contribution in [-0.4, -0.2) is 12.3 Å². The first-order chi connectivity index (χ1) is 14.2. The van der Waals surface area contributed by atoms with Gasteiger partial charge in [-0.3, -0.25) is 0 Å². The highest BCUT2D eigenvalue weighted by Crippen LogP contribution is 2.38. The molecule has 0 heterocycles. The van der Waals surface area contributed by atoms with E-state index < -0.39 is 0 Å². The molecule has 0 saturated heterocycles. The third kappa shape index (κ3) is 6.01. The van der Waals surface area contributed by atoms with Crippen LogP contribution in [0, 0.1) is 17.2 Å². The van der Waals surface area contributed by atoms with Crippen LogP contribution in [0.5, 0.6) is 0 Å². The Morgan fingerprint density at radius 2 is 2.00 bits per heavy atom. The van der Waals surface area contributed by atoms with Crippen LogP contribution in [0.2, 0.25) is 0 Å². The van der Waals surface area contributed by atoms with Gasteiger partial charge in [0.2, 0.25) is 0 Å². The van der Waals surface area contributed by atoms with Crippen molar-refractivity contribution in [3.05, 3.63) is 95.2 Å². The minimum absolute atomic E-state index is 0.398. The number of hydrogen-bond acceptors (Lipinski definition) is 2. The van der Waals surface area contributed by atoms with Crippen molar-refractivity contribution in [2.24, 2.45) is 17.6 Å². The molecule has 152 valence electrons. The van der Waals surface area contributed by atoms with Gasteiger partial charge in [-0.15, -0.1) is 0 Å². The maximum atomic E-state index is 7.84. The topological polar surface area (TPSA) is 49.9 Å². The summed E-state index contributed by atoms with van der Waals surface area (Å²) in [5.74, 6) is 1.05. The summed E-state index contributed by atoms with van der Waals surface area (Å²) < 4.78 is 0. The molecule has 0 aromatic carbocycles. The molecule has 2 atom stereocenters. The molecule has 0 fully saturated rings. The van der Waals surface area contributed by atoms with Crippen molar-refractivity contribution in [2.75, 3.05) is 6.54 Å². The summed E-state index contributed by atoms with van der Waals surface area (Å²) in [7, 11) is 0. The molecular formula is C27H34N2. The lowest BCUT2D eigenvalue weighted by Crippen LogP contribution is -2.14. The summed E-state index contributed by atoms with van der Waals surface area (Å²) in [5, 5.41) is 7.84. The zero-order valence-corrected chi connectivity index (χ0v) is 17.6. The highest BCUT2D eigenvalue weighted by molar-refractivity contribution is 5.90. The second-order valence-electron chi connectivity index (χ2n) is 8.09. The van der Waals surface area contributed by atoms with E-state index in [9.17, 15) is 0 Å². The van der Waals surface area contributed by atoms with Gasteiger partial charge < -0.3 is 11.1 Å². The van der Waals surface area contributed by atoms with Gasteiger partial charge in [0.15, 0.2) is 0 Å². The summed E-state index contributed by atoms with van der Waals surface area (Å²) in [5.41, 5.74) is 11.5. The molecule has 0 bridgehead atoms. The fraction of sp³-hybridized carbons (Fsp3) is 0.370. The molecule has 0 radical (unpaired) electrons. The van der Waals surface area contributed by atoms with E-state index in [-0.39, 0.29) is 0 Å². The largest absolute Gasteiger partial charge is 0.327 e. The van der Waals surface area contributed by atoms with Crippen LogP contribution in [0.25, 0.3) is 0 Å². The van der Waals surface area contributed by atoms with Gasteiger partial charge in [0.05, 0.1) is 0 Å². The molecule has 3 N–H and O–H groups in total. The number of hydrogen-bond donors (Lipinski definition) is 2. The van der Waals surface area contributed by atoms with E-state index in [1.54, 1.807) is 0 Å². The number of nitrogens with one attached hydrogen (secondary N) is 1.